The summed E-state index contributed by atoms with van der Waals surface area (Å²) in [5, 5.41) is 9.47. The lowest BCUT2D eigenvalue weighted by molar-refractivity contribution is -0.139. The van der Waals surface area contributed by atoms with E-state index in [0.717, 1.165) is 14.9 Å². The molecule has 1 unspecified atom stereocenters. The van der Waals surface area contributed by atoms with Crippen LogP contribution in [0.2, 0.25) is 0 Å². The number of thioether (sulfide) groups is 1. The first kappa shape index (κ1) is 18.0. The molecule has 0 fully saturated rings. The molecule has 3 heterocycles. The highest BCUT2D eigenvalue weighted by Crippen LogP contribution is 2.33. The zero-order valence-corrected chi connectivity index (χ0v) is 16.1. The fraction of sp³-hybridized carbons (Fsp3) is 0.312. The van der Waals surface area contributed by atoms with Gasteiger partial charge in [0.25, 0.3) is 0 Å². The van der Waals surface area contributed by atoms with E-state index in [-0.39, 0.29) is 12.6 Å². The van der Waals surface area contributed by atoms with E-state index in [4.69, 9.17) is 4.74 Å². The van der Waals surface area contributed by atoms with Crippen LogP contribution in [0.3, 0.4) is 0 Å². The maximum atomic E-state index is 12.5. The summed E-state index contributed by atoms with van der Waals surface area (Å²) in [5.41, 5.74) is 1.97. The molecule has 0 saturated heterocycles. The number of thiophene rings is 1. The number of amides is 2. The van der Waals surface area contributed by atoms with Gasteiger partial charge in [-0.2, -0.15) is 0 Å². The predicted octanol–water partition coefficient (Wildman–Crippen LogP) is 3.48. The summed E-state index contributed by atoms with van der Waals surface area (Å²) >= 11 is 4.52. The van der Waals surface area contributed by atoms with Crippen LogP contribution in [0, 0.1) is 6.92 Å². The number of rotatable bonds is 6. The molecule has 2 aromatic heterocycles. The number of nitrogens with one attached hydrogen (secondary N) is 2. The molecule has 1 aliphatic rings. The van der Waals surface area contributed by atoms with Crippen molar-refractivity contribution >= 4 is 46.4 Å². The molecule has 3 rings (SSSR count). The summed E-state index contributed by atoms with van der Waals surface area (Å²) < 4.78 is 6.12. The molecule has 1 atom stereocenters. The molecular formula is C16H17N3O3S3. The largest absolute Gasteiger partial charge is 0.463 e. The van der Waals surface area contributed by atoms with E-state index < -0.39 is 12.0 Å². The van der Waals surface area contributed by atoms with Gasteiger partial charge in [-0.1, -0.05) is 17.8 Å². The van der Waals surface area contributed by atoms with Gasteiger partial charge in [0, 0.05) is 27.4 Å². The Balaban J connectivity index is 1.92. The summed E-state index contributed by atoms with van der Waals surface area (Å²) in [6, 6.07) is 2.97. The Bertz CT molecular complexity index is 799. The van der Waals surface area contributed by atoms with Gasteiger partial charge in [0.15, 0.2) is 0 Å². The van der Waals surface area contributed by atoms with Crippen molar-refractivity contribution in [1.29, 1.82) is 0 Å². The predicted molar refractivity (Wildman–Crippen MR) is 100.0 cm³/mol. The molecule has 132 valence electrons. The van der Waals surface area contributed by atoms with Gasteiger partial charge >= 0.3 is 12.0 Å². The number of carbonyl (C=O) groups is 2. The van der Waals surface area contributed by atoms with Crippen molar-refractivity contribution in [3.63, 3.8) is 0 Å². The van der Waals surface area contributed by atoms with Crippen LogP contribution in [0.25, 0.3) is 0 Å². The molecule has 0 radical (unpaired) electrons. The van der Waals surface area contributed by atoms with E-state index in [9.17, 15) is 9.59 Å². The van der Waals surface area contributed by atoms with Crippen molar-refractivity contribution in [3.05, 3.63) is 44.7 Å². The lowest BCUT2D eigenvalue weighted by Crippen LogP contribution is -2.46. The van der Waals surface area contributed by atoms with E-state index >= 15 is 0 Å². The zero-order valence-electron chi connectivity index (χ0n) is 13.7. The van der Waals surface area contributed by atoms with Crippen molar-refractivity contribution in [2.45, 2.75) is 24.2 Å². The zero-order chi connectivity index (χ0) is 17.8. The molecule has 0 spiro atoms. The first-order chi connectivity index (χ1) is 12.1. The van der Waals surface area contributed by atoms with Gasteiger partial charge in [-0.3, -0.25) is 0 Å². The van der Waals surface area contributed by atoms with Crippen molar-refractivity contribution in [1.82, 2.24) is 15.6 Å². The van der Waals surface area contributed by atoms with Crippen LogP contribution in [0.4, 0.5) is 4.79 Å². The van der Waals surface area contributed by atoms with E-state index in [1.165, 1.54) is 23.1 Å². The van der Waals surface area contributed by atoms with Crippen molar-refractivity contribution in [2.24, 2.45) is 0 Å². The molecule has 0 bridgehead atoms. The number of esters is 1. The summed E-state index contributed by atoms with van der Waals surface area (Å²) in [6.07, 6.45) is 0. The topological polar surface area (TPSA) is 80.3 Å². The Kier molecular flexibility index (Phi) is 5.77. The van der Waals surface area contributed by atoms with Gasteiger partial charge in [0.2, 0.25) is 0 Å². The molecule has 1 aliphatic heterocycles. The van der Waals surface area contributed by atoms with Gasteiger partial charge in [0.1, 0.15) is 4.34 Å². The first-order valence-corrected chi connectivity index (χ1v) is 10.4. The second-order valence-corrected chi connectivity index (χ2v) is 8.26. The molecule has 2 amide bonds. The van der Waals surface area contributed by atoms with Crippen molar-refractivity contribution in [2.75, 3.05) is 12.4 Å². The number of aryl methyl sites for hydroxylation is 1. The summed E-state index contributed by atoms with van der Waals surface area (Å²) in [4.78, 5) is 29.9. The number of carbonyl (C=O) groups excluding carboxylic acids is 2. The number of aromatic nitrogens is 1. The minimum absolute atomic E-state index is 0.277. The molecule has 2 N–H and O–H groups in total. The highest BCUT2D eigenvalue weighted by molar-refractivity contribution is 8.01. The summed E-state index contributed by atoms with van der Waals surface area (Å²) in [6.45, 7) is 3.97. The van der Waals surface area contributed by atoms with E-state index in [0.29, 0.717) is 17.0 Å². The van der Waals surface area contributed by atoms with Gasteiger partial charge in [0.05, 0.1) is 18.2 Å². The maximum Gasteiger partial charge on any atom is 0.338 e. The maximum absolute atomic E-state index is 12.5. The average Bonchev–Trinajstić information content (AvgIpc) is 3.24. The molecule has 2 aromatic rings. The van der Waals surface area contributed by atoms with Crippen LogP contribution < -0.4 is 10.6 Å². The van der Waals surface area contributed by atoms with Gasteiger partial charge < -0.3 is 15.4 Å². The second-order valence-electron chi connectivity index (χ2n) is 5.20. The lowest BCUT2D eigenvalue weighted by Gasteiger charge is -2.28. The second kappa shape index (κ2) is 8.03. The van der Waals surface area contributed by atoms with Crippen molar-refractivity contribution in [3.8, 4) is 0 Å². The molecule has 6 nitrogen and oxygen atoms in total. The molecule has 0 saturated carbocycles. The number of thiazole rings is 1. The van der Waals surface area contributed by atoms with E-state index in [1.807, 2.05) is 29.8 Å². The van der Waals surface area contributed by atoms with E-state index in [2.05, 4.69) is 15.6 Å². The summed E-state index contributed by atoms with van der Waals surface area (Å²) in [5.74, 6) is 0.0236. The quantitative estimate of drug-likeness (QED) is 0.578. The Morgan fingerprint density at radius 3 is 2.92 bits per heavy atom. The van der Waals surface area contributed by atoms with Gasteiger partial charge in [-0.15, -0.1) is 22.7 Å². The Hall–Kier alpha value is -1.84. The fourth-order valence-corrected chi connectivity index (χ4v) is 4.99. The fourth-order valence-electron chi connectivity index (χ4n) is 2.38. The highest BCUT2D eigenvalue weighted by atomic mass is 32.2. The SMILES string of the molecule is CCOC(=O)C1=C(CSc2nc(C)cs2)NC(=O)NC1c1cccs1. The minimum Gasteiger partial charge on any atom is -0.463 e. The number of hydrogen-bond donors (Lipinski definition) is 2. The monoisotopic (exact) mass is 395 g/mol. The summed E-state index contributed by atoms with van der Waals surface area (Å²) in [7, 11) is 0. The van der Waals surface area contributed by atoms with E-state index in [1.54, 1.807) is 18.3 Å². The standard InChI is InChI=1S/C16H17N3O3S3/c1-3-22-14(20)12-10(8-25-16-17-9(2)7-24-16)18-15(21)19-13(12)11-5-4-6-23-11/h4-7,13H,3,8H2,1-2H3,(H2,18,19,21). The van der Waals surface area contributed by atoms with Crippen LogP contribution in [0.5, 0.6) is 0 Å². The molecule has 25 heavy (non-hydrogen) atoms. The smallest absolute Gasteiger partial charge is 0.338 e. The first-order valence-electron chi connectivity index (χ1n) is 7.64. The van der Waals surface area contributed by atoms with Gasteiger partial charge in [-0.05, 0) is 25.3 Å². The third-order valence-electron chi connectivity index (χ3n) is 3.41. The molecule has 9 heteroatoms. The Morgan fingerprint density at radius 2 is 2.28 bits per heavy atom. The number of urea groups is 1. The number of ether oxygens (including phenoxy) is 1. The number of hydrogen-bond acceptors (Lipinski definition) is 7. The van der Waals surface area contributed by atoms with Crippen LogP contribution in [-0.2, 0) is 9.53 Å². The third kappa shape index (κ3) is 4.23. The lowest BCUT2D eigenvalue weighted by atomic mass is 10.0. The van der Waals surface area contributed by atoms with Crippen LogP contribution >= 0.6 is 34.4 Å². The van der Waals surface area contributed by atoms with Crippen LogP contribution in [0.1, 0.15) is 23.5 Å². The third-order valence-corrected chi connectivity index (χ3v) is 6.52. The molecule has 0 aliphatic carbocycles. The Morgan fingerprint density at radius 1 is 1.44 bits per heavy atom. The highest BCUT2D eigenvalue weighted by Gasteiger charge is 2.34. The number of nitrogens with zero attached hydrogens (tertiary/aromatic N) is 1. The van der Waals surface area contributed by atoms with Crippen LogP contribution in [-0.4, -0.2) is 29.3 Å². The molecule has 0 aromatic carbocycles. The normalized spacial score (nSPS) is 17.2. The average molecular weight is 396 g/mol. The minimum atomic E-state index is -0.499. The van der Waals surface area contributed by atoms with Crippen molar-refractivity contribution < 1.29 is 14.3 Å². The van der Waals surface area contributed by atoms with Crippen LogP contribution in [0.15, 0.2) is 38.5 Å². The molecular weight excluding hydrogens is 378 g/mol. The van der Waals surface area contributed by atoms with Gasteiger partial charge in [-0.25, -0.2) is 14.6 Å². The Labute approximate surface area is 157 Å².